The van der Waals surface area contributed by atoms with Crippen molar-refractivity contribution < 1.29 is 9.53 Å². The molecular weight excluding hydrogens is 488 g/mol. The van der Waals surface area contributed by atoms with Gasteiger partial charge in [0.05, 0.1) is 22.4 Å². The van der Waals surface area contributed by atoms with Gasteiger partial charge in [0.1, 0.15) is 5.75 Å². The van der Waals surface area contributed by atoms with Gasteiger partial charge >= 0.3 is 0 Å². The summed E-state index contributed by atoms with van der Waals surface area (Å²) >= 11 is 0. The maximum absolute atomic E-state index is 13.2. The number of nitrogens with one attached hydrogen (secondary N) is 2. The molecule has 3 fully saturated rings. The molecule has 4 heterocycles. The zero-order valence-electron chi connectivity index (χ0n) is 22.1. The number of anilines is 2. The minimum atomic E-state index is -0.103. The normalized spacial score (nSPS) is 20.0. The van der Waals surface area contributed by atoms with Crippen molar-refractivity contribution in [2.75, 3.05) is 29.9 Å². The molecule has 4 aromatic rings. The maximum Gasteiger partial charge on any atom is 0.233 e. The van der Waals surface area contributed by atoms with Crippen LogP contribution in [-0.4, -0.2) is 46.5 Å². The molecule has 1 spiro atoms. The Kier molecular flexibility index (Phi) is 5.92. The first-order chi connectivity index (χ1) is 19.1. The first kappa shape index (κ1) is 24.0. The van der Waals surface area contributed by atoms with Crippen LogP contribution in [0, 0.1) is 12.3 Å². The maximum atomic E-state index is 13.2. The third-order valence-corrected chi connectivity index (χ3v) is 8.37. The number of amides is 1. The minimum Gasteiger partial charge on any atom is -0.437 e. The first-order valence-corrected chi connectivity index (χ1v) is 13.9. The van der Waals surface area contributed by atoms with Gasteiger partial charge in [0.25, 0.3) is 0 Å². The summed E-state index contributed by atoms with van der Waals surface area (Å²) in [5, 5.41) is 8.85. The van der Waals surface area contributed by atoms with Crippen molar-refractivity contribution in [1.82, 2.24) is 20.3 Å². The summed E-state index contributed by atoms with van der Waals surface area (Å²) in [6.07, 6.45) is 8.71. The second-order valence-electron chi connectivity index (χ2n) is 11.0. The predicted octanol–water partition coefficient (Wildman–Crippen LogP) is 5.47. The fraction of sp³-hybridized carbons (Fsp3) is 0.355. The highest BCUT2D eigenvalue weighted by Crippen LogP contribution is 2.55. The molecule has 1 aliphatic carbocycles. The Morgan fingerprint density at radius 1 is 1.03 bits per heavy atom. The largest absolute Gasteiger partial charge is 0.437 e. The van der Waals surface area contributed by atoms with Crippen LogP contribution in [0.1, 0.15) is 37.7 Å². The van der Waals surface area contributed by atoms with Crippen LogP contribution in [-0.2, 0) is 4.79 Å². The molecule has 0 bridgehead atoms. The number of piperidine rings is 1. The lowest BCUT2D eigenvalue weighted by Gasteiger charge is -2.23. The fourth-order valence-corrected chi connectivity index (χ4v) is 5.96. The van der Waals surface area contributed by atoms with Gasteiger partial charge in [-0.2, -0.15) is 0 Å². The number of carbonyl (C=O) groups excluding carboxylic acids is 1. The molecular formula is C31H32N6O2. The molecule has 8 nitrogen and oxygen atoms in total. The third kappa shape index (κ3) is 4.38. The van der Waals surface area contributed by atoms with Gasteiger partial charge in [-0.1, -0.05) is 24.3 Å². The number of aryl methyl sites for hydroxylation is 1. The van der Waals surface area contributed by atoms with Crippen molar-refractivity contribution in [3.05, 3.63) is 66.5 Å². The summed E-state index contributed by atoms with van der Waals surface area (Å²) in [6, 6.07) is 16.3. The standard InChI is InChI=1S/C31H32N6O2/c1-20-9-10-22-23(6-2-8-26(22)37-18-14-31(12-13-31)29(37)38)27(20)39-28-24(7-4-16-33-28)25-11-17-34-30(36-25)35-21-5-3-15-32-19-21/h2,4,6-11,16-17,21,32H,3,5,12-15,18-19H2,1H3,(H,34,35,36). The van der Waals surface area contributed by atoms with Crippen molar-refractivity contribution in [2.24, 2.45) is 5.41 Å². The van der Waals surface area contributed by atoms with Gasteiger partial charge in [-0.15, -0.1) is 0 Å². The van der Waals surface area contributed by atoms with Gasteiger partial charge in [0.15, 0.2) is 0 Å². The lowest BCUT2D eigenvalue weighted by Crippen LogP contribution is -2.38. The lowest BCUT2D eigenvalue weighted by atomic mass is 10.0. The van der Waals surface area contributed by atoms with E-state index in [9.17, 15) is 4.79 Å². The average Bonchev–Trinajstić information content (AvgIpc) is 3.69. The van der Waals surface area contributed by atoms with E-state index < -0.39 is 0 Å². The highest BCUT2D eigenvalue weighted by Gasteiger charge is 2.55. The van der Waals surface area contributed by atoms with Crippen molar-refractivity contribution in [3.8, 4) is 22.9 Å². The second-order valence-corrected chi connectivity index (χ2v) is 11.0. The number of pyridine rings is 1. The van der Waals surface area contributed by atoms with Crippen LogP contribution >= 0.6 is 0 Å². The van der Waals surface area contributed by atoms with Crippen LogP contribution < -0.4 is 20.3 Å². The van der Waals surface area contributed by atoms with Gasteiger partial charge < -0.3 is 20.3 Å². The molecule has 2 aromatic carbocycles. The quantitative estimate of drug-likeness (QED) is 0.348. The van der Waals surface area contributed by atoms with E-state index in [-0.39, 0.29) is 11.3 Å². The van der Waals surface area contributed by atoms with Gasteiger partial charge in [0.2, 0.25) is 17.7 Å². The van der Waals surface area contributed by atoms with Gasteiger partial charge in [0, 0.05) is 42.3 Å². The topological polar surface area (TPSA) is 92.3 Å². The Labute approximate surface area is 227 Å². The molecule has 3 aliphatic rings. The van der Waals surface area contributed by atoms with Gasteiger partial charge in [-0.25, -0.2) is 15.0 Å². The van der Waals surface area contributed by atoms with E-state index in [0.29, 0.717) is 17.9 Å². The number of rotatable bonds is 6. The Bertz CT molecular complexity index is 1560. The Morgan fingerprint density at radius 2 is 1.95 bits per heavy atom. The summed E-state index contributed by atoms with van der Waals surface area (Å²) in [5.74, 6) is 2.09. The first-order valence-electron chi connectivity index (χ1n) is 13.9. The number of benzene rings is 2. The van der Waals surface area contributed by atoms with E-state index in [1.54, 1.807) is 12.4 Å². The third-order valence-electron chi connectivity index (χ3n) is 8.37. The monoisotopic (exact) mass is 520 g/mol. The smallest absolute Gasteiger partial charge is 0.233 e. The Morgan fingerprint density at radius 3 is 2.77 bits per heavy atom. The van der Waals surface area contributed by atoms with Crippen molar-refractivity contribution in [2.45, 2.75) is 45.1 Å². The van der Waals surface area contributed by atoms with Gasteiger partial charge in [-0.3, -0.25) is 4.79 Å². The molecule has 1 amide bonds. The van der Waals surface area contributed by atoms with Crippen LogP contribution in [0.4, 0.5) is 11.6 Å². The van der Waals surface area contributed by atoms with E-state index in [1.165, 1.54) is 0 Å². The van der Waals surface area contributed by atoms with Crippen LogP contribution in [0.25, 0.3) is 22.0 Å². The summed E-state index contributed by atoms with van der Waals surface area (Å²) < 4.78 is 6.59. The van der Waals surface area contributed by atoms with E-state index in [0.717, 1.165) is 90.8 Å². The van der Waals surface area contributed by atoms with E-state index in [4.69, 9.17) is 9.72 Å². The Hall–Kier alpha value is -4.04. The summed E-state index contributed by atoms with van der Waals surface area (Å²) in [6.45, 7) is 4.77. The van der Waals surface area contributed by atoms with Crippen LogP contribution in [0.3, 0.4) is 0 Å². The van der Waals surface area contributed by atoms with Crippen LogP contribution in [0.2, 0.25) is 0 Å². The zero-order chi connectivity index (χ0) is 26.4. The predicted molar refractivity (Wildman–Crippen MR) is 152 cm³/mol. The zero-order valence-corrected chi connectivity index (χ0v) is 22.1. The molecule has 7 rings (SSSR count). The molecule has 198 valence electrons. The molecule has 2 N–H and O–H groups in total. The van der Waals surface area contributed by atoms with E-state index in [1.807, 2.05) is 42.2 Å². The van der Waals surface area contributed by atoms with Crippen molar-refractivity contribution in [1.29, 1.82) is 0 Å². The molecule has 2 saturated heterocycles. The molecule has 1 saturated carbocycles. The molecule has 2 aromatic heterocycles. The summed E-state index contributed by atoms with van der Waals surface area (Å²) in [5.41, 5.74) is 3.39. The second kappa shape index (κ2) is 9.61. The SMILES string of the molecule is Cc1ccc2c(N3CCC4(CC4)C3=O)cccc2c1Oc1ncccc1-c1ccnc(NC2CCCNC2)n1. The molecule has 1 unspecified atom stereocenters. The number of hydrogen-bond donors (Lipinski definition) is 2. The number of hydrogen-bond acceptors (Lipinski definition) is 7. The van der Waals surface area contributed by atoms with E-state index in [2.05, 4.69) is 38.8 Å². The number of carbonyl (C=O) groups is 1. The lowest BCUT2D eigenvalue weighted by molar-refractivity contribution is -0.121. The minimum absolute atomic E-state index is 0.103. The summed E-state index contributed by atoms with van der Waals surface area (Å²) in [7, 11) is 0. The highest BCUT2D eigenvalue weighted by molar-refractivity contribution is 6.09. The van der Waals surface area contributed by atoms with Gasteiger partial charge in [-0.05, 0) is 75.4 Å². The number of ether oxygens (including phenoxy) is 1. The number of nitrogens with zero attached hydrogens (tertiary/aromatic N) is 4. The molecule has 2 aliphatic heterocycles. The Balaban J connectivity index is 1.23. The van der Waals surface area contributed by atoms with Crippen molar-refractivity contribution >= 4 is 28.3 Å². The number of fused-ring (bicyclic) bond motifs is 1. The van der Waals surface area contributed by atoms with Crippen LogP contribution in [0.15, 0.2) is 60.9 Å². The average molecular weight is 521 g/mol. The number of aromatic nitrogens is 3. The molecule has 39 heavy (non-hydrogen) atoms. The molecule has 0 radical (unpaired) electrons. The highest BCUT2D eigenvalue weighted by atomic mass is 16.5. The fourth-order valence-electron chi connectivity index (χ4n) is 5.96. The summed E-state index contributed by atoms with van der Waals surface area (Å²) in [4.78, 5) is 29.0. The molecule has 8 heteroatoms. The van der Waals surface area contributed by atoms with Crippen molar-refractivity contribution in [3.63, 3.8) is 0 Å². The van der Waals surface area contributed by atoms with Crippen LogP contribution in [0.5, 0.6) is 11.6 Å². The molecule has 1 atom stereocenters. The van der Waals surface area contributed by atoms with E-state index >= 15 is 0 Å².